The van der Waals surface area contributed by atoms with E-state index in [0.29, 0.717) is 0 Å². The summed E-state index contributed by atoms with van der Waals surface area (Å²) in [4.78, 5) is 38.7. The van der Waals surface area contributed by atoms with E-state index in [0.717, 1.165) is 6.08 Å². The summed E-state index contributed by atoms with van der Waals surface area (Å²) in [5.74, 6) is -2.96. The molecule has 0 saturated carbocycles. The molecule has 0 aromatic rings. The van der Waals surface area contributed by atoms with Crippen molar-refractivity contribution < 1.29 is 29.3 Å². The van der Waals surface area contributed by atoms with Gasteiger partial charge in [-0.1, -0.05) is 6.58 Å². The topological polar surface area (TPSA) is 89.9 Å². The Hall–Kier alpha value is -1.85. The molecule has 0 bridgehead atoms. The lowest BCUT2D eigenvalue weighted by Gasteiger charge is -1.98. The fourth-order valence-corrected chi connectivity index (χ4v) is 0.372. The minimum Gasteiger partial charge on any atom is -0.481 e. The maximum atomic E-state index is 10.6. The molecule has 0 amide bonds. The van der Waals surface area contributed by atoms with Crippen LogP contribution in [0, 0.1) is 0 Å². The van der Waals surface area contributed by atoms with E-state index in [1.807, 2.05) is 0 Å². The van der Waals surface area contributed by atoms with Crippen molar-refractivity contribution in [3.8, 4) is 0 Å². The number of aliphatic carboxylic acids is 1. The Labute approximate surface area is 73.7 Å². The van der Waals surface area contributed by atoms with Crippen molar-refractivity contribution in [2.75, 3.05) is 0 Å². The number of carboxylic acids is 1. The minimum atomic E-state index is -1.13. The fourth-order valence-electron chi connectivity index (χ4n) is 0.372. The number of rotatable bonds is 4. The van der Waals surface area contributed by atoms with Crippen LogP contribution >= 0.6 is 0 Å². The van der Waals surface area contributed by atoms with Gasteiger partial charge in [-0.2, -0.15) is 0 Å². The van der Waals surface area contributed by atoms with Crippen molar-refractivity contribution in [2.45, 2.75) is 12.8 Å². The Bertz CT molecular complexity index is 231. The van der Waals surface area contributed by atoms with Crippen molar-refractivity contribution in [2.24, 2.45) is 0 Å². The van der Waals surface area contributed by atoms with Crippen molar-refractivity contribution in [1.82, 2.24) is 0 Å². The van der Waals surface area contributed by atoms with E-state index in [1.165, 1.54) is 0 Å². The first-order valence-electron chi connectivity index (χ1n) is 3.31. The molecule has 6 heteroatoms. The first-order valence-corrected chi connectivity index (χ1v) is 3.31. The van der Waals surface area contributed by atoms with Crippen LogP contribution in [0.2, 0.25) is 0 Å². The van der Waals surface area contributed by atoms with Gasteiger partial charge in [-0.05, 0) is 0 Å². The second kappa shape index (κ2) is 5.76. The van der Waals surface area contributed by atoms with E-state index in [4.69, 9.17) is 5.11 Å². The van der Waals surface area contributed by atoms with Crippen LogP contribution < -0.4 is 0 Å². The highest BCUT2D eigenvalue weighted by Crippen LogP contribution is 1.93. The molecule has 0 heterocycles. The number of hydrogen-bond donors (Lipinski definition) is 1. The molecule has 0 unspecified atom stereocenters. The summed E-state index contributed by atoms with van der Waals surface area (Å²) in [6.07, 6.45) is 0.0920. The summed E-state index contributed by atoms with van der Waals surface area (Å²) in [5, 5.41) is 8.15. The average molecular weight is 188 g/mol. The summed E-state index contributed by atoms with van der Waals surface area (Å²) < 4.78 is 0. The molecule has 13 heavy (non-hydrogen) atoms. The summed E-state index contributed by atoms with van der Waals surface area (Å²) in [7, 11) is 0. The van der Waals surface area contributed by atoms with Gasteiger partial charge in [0, 0.05) is 6.08 Å². The van der Waals surface area contributed by atoms with Crippen LogP contribution in [0.3, 0.4) is 0 Å². The monoisotopic (exact) mass is 188 g/mol. The smallest absolute Gasteiger partial charge is 0.378 e. The Kier molecular flexibility index (Phi) is 4.94. The average Bonchev–Trinajstić information content (AvgIpc) is 2.10. The van der Waals surface area contributed by atoms with Crippen LogP contribution in [0.25, 0.3) is 0 Å². The molecule has 0 aliphatic rings. The number of hydrogen-bond acceptors (Lipinski definition) is 5. The van der Waals surface area contributed by atoms with Gasteiger partial charge < -0.3 is 5.11 Å². The van der Waals surface area contributed by atoms with Crippen molar-refractivity contribution in [3.05, 3.63) is 12.7 Å². The maximum Gasteiger partial charge on any atom is 0.378 e. The molecule has 0 aliphatic carbocycles. The third-order valence-electron chi connectivity index (χ3n) is 0.926. The van der Waals surface area contributed by atoms with Gasteiger partial charge >= 0.3 is 17.9 Å². The van der Waals surface area contributed by atoms with Crippen LogP contribution in [0.4, 0.5) is 0 Å². The SMILES string of the molecule is C=CC(=O)OOC(=O)CCC(=O)O. The Balaban J connectivity index is 3.57. The van der Waals surface area contributed by atoms with Gasteiger partial charge in [0.1, 0.15) is 0 Å². The molecule has 72 valence electrons. The number of carbonyl (C=O) groups excluding carboxylic acids is 2. The molecule has 6 nitrogen and oxygen atoms in total. The second-order valence-electron chi connectivity index (χ2n) is 1.96. The van der Waals surface area contributed by atoms with Gasteiger partial charge in [0.2, 0.25) is 0 Å². The summed E-state index contributed by atoms with van der Waals surface area (Å²) in [5.41, 5.74) is 0. The largest absolute Gasteiger partial charge is 0.481 e. The number of carboxylic acid groups (broad SMARTS) is 1. The van der Waals surface area contributed by atoms with E-state index in [-0.39, 0.29) is 12.8 Å². The maximum absolute atomic E-state index is 10.6. The Morgan fingerprint density at radius 2 is 1.85 bits per heavy atom. The lowest BCUT2D eigenvalue weighted by atomic mass is 10.3. The molecule has 0 saturated heterocycles. The normalized spacial score (nSPS) is 8.62. The van der Waals surface area contributed by atoms with Gasteiger partial charge in [0.25, 0.3) is 0 Å². The standard InChI is InChI=1S/C7H8O6/c1-2-6(10)12-13-7(11)4-3-5(8)9/h2H,1,3-4H2,(H,8,9). The first kappa shape index (κ1) is 11.2. The van der Waals surface area contributed by atoms with Gasteiger partial charge in [-0.25, -0.2) is 19.4 Å². The molecule has 0 aromatic heterocycles. The van der Waals surface area contributed by atoms with Gasteiger partial charge in [0.15, 0.2) is 0 Å². The summed E-state index contributed by atoms with van der Waals surface area (Å²) in [6.45, 7) is 3.05. The van der Waals surface area contributed by atoms with Crippen LogP contribution in [-0.4, -0.2) is 23.0 Å². The summed E-state index contributed by atoms with van der Waals surface area (Å²) in [6, 6.07) is 0. The lowest BCUT2D eigenvalue weighted by molar-refractivity contribution is -0.254. The predicted octanol–water partition coefficient (Wildman–Crippen LogP) is 0.0386. The van der Waals surface area contributed by atoms with Crippen molar-refractivity contribution in [1.29, 1.82) is 0 Å². The van der Waals surface area contributed by atoms with Crippen LogP contribution in [0.1, 0.15) is 12.8 Å². The quantitative estimate of drug-likeness (QED) is 0.380. The molecule has 0 radical (unpaired) electrons. The molecule has 0 atom stereocenters. The highest BCUT2D eigenvalue weighted by Gasteiger charge is 2.09. The van der Waals surface area contributed by atoms with E-state index in [2.05, 4.69) is 16.4 Å². The Morgan fingerprint density at radius 3 is 2.31 bits per heavy atom. The summed E-state index contributed by atoms with van der Waals surface area (Å²) >= 11 is 0. The lowest BCUT2D eigenvalue weighted by Crippen LogP contribution is -2.10. The van der Waals surface area contributed by atoms with E-state index in [1.54, 1.807) is 0 Å². The highest BCUT2D eigenvalue weighted by molar-refractivity contribution is 5.82. The zero-order valence-electron chi connectivity index (χ0n) is 6.69. The molecule has 1 N–H and O–H groups in total. The molecule has 0 aliphatic heterocycles. The first-order chi connectivity index (χ1) is 6.06. The van der Waals surface area contributed by atoms with Gasteiger partial charge in [0.05, 0.1) is 12.8 Å². The molecular formula is C7H8O6. The second-order valence-corrected chi connectivity index (χ2v) is 1.96. The van der Waals surface area contributed by atoms with Crippen LogP contribution in [0.5, 0.6) is 0 Å². The van der Waals surface area contributed by atoms with Crippen LogP contribution in [0.15, 0.2) is 12.7 Å². The number of carbonyl (C=O) groups is 3. The molecule has 0 rings (SSSR count). The minimum absolute atomic E-state index is 0.347. The fraction of sp³-hybridized carbons (Fsp3) is 0.286. The van der Waals surface area contributed by atoms with E-state index < -0.39 is 17.9 Å². The zero-order chi connectivity index (χ0) is 10.3. The van der Waals surface area contributed by atoms with Crippen LogP contribution in [-0.2, 0) is 24.2 Å². The highest BCUT2D eigenvalue weighted by atomic mass is 17.2. The predicted molar refractivity (Wildman–Crippen MR) is 39.3 cm³/mol. The zero-order valence-corrected chi connectivity index (χ0v) is 6.69. The van der Waals surface area contributed by atoms with E-state index >= 15 is 0 Å². The molecule has 0 spiro atoms. The Morgan fingerprint density at radius 1 is 1.23 bits per heavy atom. The van der Waals surface area contributed by atoms with Gasteiger partial charge in [-0.3, -0.25) is 4.79 Å². The molecule has 0 fully saturated rings. The van der Waals surface area contributed by atoms with Crippen molar-refractivity contribution >= 4 is 17.9 Å². The van der Waals surface area contributed by atoms with Crippen molar-refractivity contribution in [3.63, 3.8) is 0 Å². The third-order valence-corrected chi connectivity index (χ3v) is 0.926. The van der Waals surface area contributed by atoms with Gasteiger partial charge in [-0.15, -0.1) is 0 Å². The van der Waals surface area contributed by atoms with E-state index in [9.17, 15) is 14.4 Å². The third kappa shape index (κ3) is 6.54. The molecule has 0 aromatic carbocycles. The molecular weight excluding hydrogens is 180 g/mol.